The van der Waals surface area contributed by atoms with Crippen LogP contribution in [0.2, 0.25) is 5.02 Å². The molecule has 88 valence electrons. The van der Waals surface area contributed by atoms with Crippen molar-refractivity contribution in [1.82, 2.24) is 4.90 Å². The molecule has 0 aliphatic carbocycles. The van der Waals surface area contributed by atoms with Crippen LogP contribution >= 0.6 is 43.5 Å². The summed E-state index contributed by atoms with van der Waals surface area (Å²) in [4.78, 5) is 3.16. The van der Waals surface area contributed by atoms with E-state index in [9.17, 15) is 0 Å². The molecule has 4 heteroatoms. The fourth-order valence-electron chi connectivity index (χ4n) is 1.95. The summed E-state index contributed by atoms with van der Waals surface area (Å²) in [7, 11) is 0. The molecular weight excluding hydrogens is 353 g/mol. The van der Waals surface area contributed by atoms with E-state index in [1.165, 1.54) is 18.4 Å². The summed E-state index contributed by atoms with van der Waals surface area (Å²) < 4.78 is 1.04. The third kappa shape index (κ3) is 3.46. The minimum absolute atomic E-state index is 0.698. The Morgan fingerprint density at radius 2 is 2.00 bits per heavy atom. The molecule has 0 atom stereocenters. The topological polar surface area (TPSA) is 3.24 Å². The Morgan fingerprint density at radius 1 is 1.31 bits per heavy atom. The molecule has 2 rings (SSSR count). The van der Waals surface area contributed by atoms with Crippen LogP contribution in [-0.4, -0.2) is 22.8 Å². The third-order valence-electron chi connectivity index (χ3n) is 2.93. The van der Waals surface area contributed by atoms with Gasteiger partial charge in [-0.15, -0.1) is 0 Å². The number of benzene rings is 1. The number of piperidine rings is 1. The Labute approximate surface area is 118 Å². The summed E-state index contributed by atoms with van der Waals surface area (Å²) in [5.74, 6) is 0. The van der Waals surface area contributed by atoms with E-state index >= 15 is 0 Å². The van der Waals surface area contributed by atoms with Crippen molar-refractivity contribution in [2.75, 3.05) is 13.1 Å². The standard InChI is InChI=1S/C12H14Br2ClN/c13-10-3-5-16(6-4-10)8-9-1-2-11(14)7-12(9)15/h1-2,7,10H,3-6,8H2. The zero-order chi connectivity index (χ0) is 11.5. The first-order valence-corrected chi connectivity index (χ1v) is 7.54. The fraction of sp³-hybridized carbons (Fsp3) is 0.500. The smallest absolute Gasteiger partial charge is 0.0462 e. The molecule has 1 aromatic carbocycles. The van der Waals surface area contributed by atoms with E-state index in [2.05, 4.69) is 48.9 Å². The van der Waals surface area contributed by atoms with E-state index in [1.54, 1.807) is 0 Å². The summed E-state index contributed by atoms with van der Waals surface area (Å²) in [5.41, 5.74) is 1.22. The zero-order valence-corrected chi connectivity index (χ0v) is 12.9. The van der Waals surface area contributed by atoms with Crippen molar-refractivity contribution in [3.05, 3.63) is 33.3 Å². The molecule has 1 aromatic rings. The molecule has 1 heterocycles. The van der Waals surface area contributed by atoms with Crippen molar-refractivity contribution in [3.63, 3.8) is 0 Å². The van der Waals surface area contributed by atoms with Crippen molar-refractivity contribution in [2.45, 2.75) is 24.2 Å². The Morgan fingerprint density at radius 3 is 2.62 bits per heavy atom. The lowest BCUT2D eigenvalue weighted by atomic mass is 10.1. The highest BCUT2D eigenvalue weighted by atomic mass is 79.9. The number of hydrogen-bond acceptors (Lipinski definition) is 1. The van der Waals surface area contributed by atoms with Crippen LogP contribution in [0.1, 0.15) is 18.4 Å². The van der Waals surface area contributed by atoms with Crippen LogP contribution in [-0.2, 0) is 6.54 Å². The van der Waals surface area contributed by atoms with Crippen molar-refractivity contribution in [3.8, 4) is 0 Å². The normalized spacial score (nSPS) is 18.9. The van der Waals surface area contributed by atoms with Gasteiger partial charge >= 0.3 is 0 Å². The molecule has 0 radical (unpaired) electrons. The van der Waals surface area contributed by atoms with E-state index in [4.69, 9.17) is 11.6 Å². The van der Waals surface area contributed by atoms with Crippen molar-refractivity contribution in [1.29, 1.82) is 0 Å². The first-order valence-electron chi connectivity index (χ1n) is 5.45. The first-order chi connectivity index (χ1) is 7.65. The number of halogens is 3. The van der Waals surface area contributed by atoms with Crippen LogP contribution in [0.3, 0.4) is 0 Å². The van der Waals surface area contributed by atoms with Gasteiger partial charge in [0, 0.05) is 20.9 Å². The van der Waals surface area contributed by atoms with Crippen LogP contribution < -0.4 is 0 Å². The van der Waals surface area contributed by atoms with Gasteiger partial charge in [-0.3, -0.25) is 4.90 Å². The molecule has 1 saturated heterocycles. The van der Waals surface area contributed by atoms with Crippen LogP contribution in [0.15, 0.2) is 22.7 Å². The van der Waals surface area contributed by atoms with E-state index in [0.29, 0.717) is 4.83 Å². The second kappa shape index (κ2) is 5.85. The molecule has 0 spiro atoms. The number of nitrogens with zero attached hydrogens (tertiary/aromatic N) is 1. The maximum absolute atomic E-state index is 6.21. The lowest BCUT2D eigenvalue weighted by molar-refractivity contribution is 0.226. The maximum Gasteiger partial charge on any atom is 0.0462 e. The summed E-state index contributed by atoms with van der Waals surface area (Å²) >= 11 is 13.3. The summed E-state index contributed by atoms with van der Waals surface area (Å²) in [6, 6.07) is 6.12. The zero-order valence-electron chi connectivity index (χ0n) is 8.93. The predicted molar refractivity (Wildman–Crippen MR) is 76.4 cm³/mol. The minimum Gasteiger partial charge on any atom is -0.299 e. The van der Waals surface area contributed by atoms with Crippen molar-refractivity contribution in [2.24, 2.45) is 0 Å². The molecule has 0 unspecified atom stereocenters. The highest BCUT2D eigenvalue weighted by Crippen LogP contribution is 2.24. The van der Waals surface area contributed by atoms with Gasteiger partial charge in [-0.25, -0.2) is 0 Å². The molecule has 0 N–H and O–H groups in total. The van der Waals surface area contributed by atoms with E-state index in [1.807, 2.05) is 6.07 Å². The highest BCUT2D eigenvalue weighted by Gasteiger charge is 2.17. The Hall–Kier alpha value is 0.430. The van der Waals surface area contributed by atoms with Gasteiger partial charge < -0.3 is 0 Å². The SMILES string of the molecule is Clc1cc(Br)ccc1CN1CCC(Br)CC1. The summed E-state index contributed by atoms with van der Waals surface area (Å²) in [6.45, 7) is 3.27. The van der Waals surface area contributed by atoms with Crippen molar-refractivity contribution >= 4 is 43.5 Å². The van der Waals surface area contributed by atoms with Gasteiger partial charge in [0.05, 0.1) is 0 Å². The number of alkyl halides is 1. The molecule has 1 aliphatic heterocycles. The quantitative estimate of drug-likeness (QED) is 0.698. The number of likely N-dealkylation sites (tertiary alicyclic amines) is 1. The van der Waals surface area contributed by atoms with Crippen LogP contribution in [0.5, 0.6) is 0 Å². The van der Waals surface area contributed by atoms with Gasteiger partial charge in [0.2, 0.25) is 0 Å². The molecule has 0 saturated carbocycles. The van der Waals surface area contributed by atoms with E-state index < -0.39 is 0 Å². The maximum atomic E-state index is 6.21. The van der Waals surface area contributed by atoms with Crippen LogP contribution in [0.25, 0.3) is 0 Å². The monoisotopic (exact) mass is 365 g/mol. The molecule has 0 bridgehead atoms. The molecule has 1 fully saturated rings. The lowest BCUT2D eigenvalue weighted by Crippen LogP contribution is -2.33. The molecule has 1 nitrogen and oxygen atoms in total. The second-order valence-electron chi connectivity index (χ2n) is 4.19. The number of hydrogen-bond donors (Lipinski definition) is 0. The molecular formula is C12H14Br2ClN. The Bertz CT molecular complexity index is 362. The van der Waals surface area contributed by atoms with Gasteiger partial charge in [0.15, 0.2) is 0 Å². The minimum atomic E-state index is 0.698. The third-order valence-corrected chi connectivity index (χ3v) is 4.69. The second-order valence-corrected chi connectivity index (χ2v) is 6.80. The average molecular weight is 368 g/mol. The molecule has 1 aliphatic rings. The molecule has 0 aromatic heterocycles. The van der Waals surface area contributed by atoms with Gasteiger partial charge in [0.25, 0.3) is 0 Å². The first kappa shape index (κ1) is 12.9. The lowest BCUT2D eigenvalue weighted by Gasteiger charge is -2.29. The van der Waals surface area contributed by atoms with Crippen LogP contribution in [0.4, 0.5) is 0 Å². The predicted octanol–water partition coefficient (Wildman–Crippen LogP) is 4.46. The Balaban J connectivity index is 1.98. The van der Waals surface area contributed by atoms with Gasteiger partial charge in [-0.05, 0) is 43.6 Å². The van der Waals surface area contributed by atoms with Crippen LogP contribution in [0, 0.1) is 0 Å². The van der Waals surface area contributed by atoms with Crippen molar-refractivity contribution < 1.29 is 0 Å². The van der Waals surface area contributed by atoms with E-state index in [-0.39, 0.29) is 0 Å². The molecule has 0 amide bonds. The average Bonchev–Trinajstić information content (AvgIpc) is 2.25. The number of rotatable bonds is 2. The van der Waals surface area contributed by atoms with Gasteiger partial charge in [0.1, 0.15) is 0 Å². The van der Waals surface area contributed by atoms with Gasteiger partial charge in [-0.1, -0.05) is 49.5 Å². The summed E-state index contributed by atoms with van der Waals surface area (Å²) in [5, 5.41) is 0.857. The Kier molecular flexibility index (Phi) is 4.71. The van der Waals surface area contributed by atoms with Gasteiger partial charge in [-0.2, -0.15) is 0 Å². The summed E-state index contributed by atoms with van der Waals surface area (Å²) in [6.07, 6.45) is 2.46. The highest BCUT2D eigenvalue weighted by molar-refractivity contribution is 9.10. The largest absolute Gasteiger partial charge is 0.299 e. The fourth-order valence-corrected chi connectivity index (χ4v) is 3.09. The molecule has 16 heavy (non-hydrogen) atoms. The van der Waals surface area contributed by atoms with E-state index in [0.717, 1.165) is 29.1 Å².